The first-order valence-corrected chi connectivity index (χ1v) is 15.2. The number of ether oxygens (including phenoxy) is 1. The van der Waals surface area contributed by atoms with Crippen molar-refractivity contribution < 1.29 is 24.2 Å². The van der Waals surface area contributed by atoms with E-state index in [4.69, 9.17) is 10.5 Å². The maximum absolute atomic E-state index is 13.7. The number of Topliss-reactive ketones (excluding diaryl/α,β-unsaturated/α-hetero) is 1. The topological polar surface area (TPSA) is 170 Å². The largest absolute Gasteiger partial charge is 0.480 e. The van der Waals surface area contributed by atoms with Crippen LogP contribution < -0.4 is 11.1 Å². The SMILES string of the molecule is CSc1ncc(-c2cc(C(=O)[C@](N)(CCCCNC(=O)OC(C)(C)C)C(=O)O)cc(-c3cnc(SC)nc3)c2)cn1. The van der Waals surface area contributed by atoms with Gasteiger partial charge in [-0.3, -0.25) is 4.79 Å². The number of amides is 1. The summed E-state index contributed by atoms with van der Waals surface area (Å²) in [6.07, 6.45) is 10.3. The van der Waals surface area contributed by atoms with Crippen molar-refractivity contribution in [1.29, 1.82) is 0 Å². The molecule has 218 valence electrons. The van der Waals surface area contributed by atoms with Gasteiger partial charge in [0.05, 0.1) is 0 Å². The highest BCUT2D eigenvalue weighted by Crippen LogP contribution is 2.30. The minimum absolute atomic E-state index is 0.122. The molecule has 0 aliphatic carbocycles. The maximum Gasteiger partial charge on any atom is 0.407 e. The van der Waals surface area contributed by atoms with Gasteiger partial charge in [-0.05, 0) is 81.9 Å². The van der Waals surface area contributed by atoms with Crippen molar-refractivity contribution in [2.45, 2.75) is 61.5 Å². The van der Waals surface area contributed by atoms with Crippen LogP contribution in [-0.4, -0.2) is 73.1 Å². The first kappa shape index (κ1) is 32.0. The third kappa shape index (κ3) is 8.72. The molecule has 4 N–H and O–H groups in total. The van der Waals surface area contributed by atoms with Crippen molar-refractivity contribution in [3.8, 4) is 22.3 Å². The second-order valence-electron chi connectivity index (χ2n) is 10.2. The van der Waals surface area contributed by atoms with E-state index in [9.17, 15) is 19.5 Å². The number of aliphatic carboxylic acids is 1. The monoisotopic (exact) mass is 598 g/mol. The zero-order valence-corrected chi connectivity index (χ0v) is 25.3. The number of carbonyl (C=O) groups excluding carboxylic acids is 2. The lowest BCUT2D eigenvalue weighted by molar-refractivity contribution is -0.141. The first-order valence-electron chi connectivity index (χ1n) is 12.8. The van der Waals surface area contributed by atoms with Gasteiger partial charge in [0.2, 0.25) is 0 Å². The summed E-state index contributed by atoms with van der Waals surface area (Å²) < 4.78 is 5.20. The molecule has 0 spiro atoms. The van der Waals surface area contributed by atoms with Gasteiger partial charge in [0, 0.05) is 48.0 Å². The standard InChI is InChI=1S/C28H34N6O5S2/c1-27(2,3)39-26(38)30-9-7-6-8-28(29,23(36)37)22(35)19-11-17(20-13-31-24(40-4)32-14-20)10-18(12-19)21-15-33-25(41-5)34-16-21/h10-16H,6-9,29H2,1-5H3,(H,30,38)(H,36,37)/t28-/m1/s1. The maximum atomic E-state index is 13.7. The van der Waals surface area contributed by atoms with Crippen LogP contribution in [0.25, 0.3) is 22.3 Å². The lowest BCUT2D eigenvalue weighted by Gasteiger charge is -2.24. The van der Waals surface area contributed by atoms with E-state index >= 15 is 0 Å². The van der Waals surface area contributed by atoms with Crippen LogP contribution in [0.15, 0.2) is 53.3 Å². The molecule has 1 amide bonds. The second kappa shape index (κ2) is 13.9. The molecule has 11 nitrogen and oxygen atoms in total. The lowest BCUT2D eigenvalue weighted by Crippen LogP contribution is -2.55. The van der Waals surface area contributed by atoms with Crippen molar-refractivity contribution in [1.82, 2.24) is 25.3 Å². The molecule has 1 aromatic carbocycles. The Morgan fingerprint density at radius 3 is 1.76 bits per heavy atom. The van der Waals surface area contributed by atoms with E-state index in [1.54, 1.807) is 57.7 Å². The summed E-state index contributed by atoms with van der Waals surface area (Å²) in [5, 5.41) is 13.9. The van der Waals surface area contributed by atoms with Crippen molar-refractivity contribution in [3.63, 3.8) is 0 Å². The molecule has 0 saturated heterocycles. The van der Waals surface area contributed by atoms with Crippen LogP contribution in [0, 0.1) is 0 Å². The predicted molar refractivity (Wildman–Crippen MR) is 159 cm³/mol. The van der Waals surface area contributed by atoms with Crippen LogP contribution in [0.5, 0.6) is 0 Å². The van der Waals surface area contributed by atoms with Gasteiger partial charge in [0.25, 0.3) is 0 Å². The van der Waals surface area contributed by atoms with E-state index in [2.05, 4.69) is 25.3 Å². The number of unbranched alkanes of at least 4 members (excludes halogenated alkanes) is 1. The summed E-state index contributed by atoms with van der Waals surface area (Å²) in [6.45, 7) is 5.52. The van der Waals surface area contributed by atoms with Crippen molar-refractivity contribution in [2.75, 3.05) is 19.1 Å². The third-order valence-electron chi connectivity index (χ3n) is 5.94. The van der Waals surface area contributed by atoms with E-state index in [0.29, 0.717) is 39.0 Å². The number of ketones is 1. The van der Waals surface area contributed by atoms with Crippen LogP contribution in [0.4, 0.5) is 4.79 Å². The number of carboxylic acid groups (broad SMARTS) is 1. The van der Waals surface area contributed by atoms with E-state index in [1.807, 2.05) is 18.6 Å². The number of alkyl carbamates (subject to hydrolysis) is 1. The Hall–Kier alpha value is -3.55. The number of hydrogen-bond donors (Lipinski definition) is 3. The number of thioether (sulfide) groups is 2. The van der Waals surface area contributed by atoms with E-state index in [0.717, 1.165) is 0 Å². The van der Waals surface area contributed by atoms with Crippen LogP contribution in [-0.2, 0) is 9.53 Å². The summed E-state index contributed by atoms with van der Waals surface area (Å²) in [7, 11) is 0. The molecule has 0 aliphatic heterocycles. The fourth-order valence-electron chi connectivity index (χ4n) is 3.84. The molecule has 0 saturated carbocycles. The first-order chi connectivity index (χ1) is 19.4. The quantitative estimate of drug-likeness (QED) is 0.0864. The number of nitrogens with two attached hydrogens (primary N) is 1. The fraction of sp³-hybridized carbons (Fsp3) is 0.393. The minimum atomic E-state index is -2.18. The molecule has 1 atom stereocenters. The van der Waals surface area contributed by atoms with Gasteiger partial charge in [0.15, 0.2) is 21.6 Å². The Morgan fingerprint density at radius 2 is 1.34 bits per heavy atom. The average molecular weight is 599 g/mol. The molecule has 0 fully saturated rings. The summed E-state index contributed by atoms with van der Waals surface area (Å²) >= 11 is 2.80. The van der Waals surface area contributed by atoms with Gasteiger partial charge >= 0.3 is 12.1 Å². The number of hydrogen-bond acceptors (Lipinski definition) is 11. The second-order valence-corrected chi connectivity index (χ2v) is 11.8. The predicted octanol–water partition coefficient (Wildman–Crippen LogP) is 4.70. The minimum Gasteiger partial charge on any atom is -0.480 e. The molecule has 2 heterocycles. The van der Waals surface area contributed by atoms with E-state index in [-0.39, 0.29) is 24.9 Å². The van der Waals surface area contributed by atoms with Gasteiger partial charge in [-0.15, -0.1) is 0 Å². The molecule has 3 rings (SSSR count). The summed E-state index contributed by atoms with van der Waals surface area (Å²) in [4.78, 5) is 55.2. The molecule has 13 heteroatoms. The van der Waals surface area contributed by atoms with Crippen molar-refractivity contribution in [2.24, 2.45) is 5.73 Å². The molecule has 0 radical (unpaired) electrons. The number of carbonyl (C=O) groups is 3. The molecule has 41 heavy (non-hydrogen) atoms. The van der Waals surface area contributed by atoms with Gasteiger partial charge in [-0.1, -0.05) is 23.5 Å². The molecule has 2 aromatic heterocycles. The molecule has 0 unspecified atom stereocenters. The zero-order valence-electron chi connectivity index (χ0n) is 23.6. The number of aromatic nitrogens is 4. The number of carboxylic acids is 1. The normalized spacial score (nSPS) is 12.8. The summed E-state index contributed by atoms with van der Waals surface area (Å²) in [5.41, 5.74) is 6.10. The van der Waals surface area contributed by atoms with E-state index < -0.39 is 29.0 Å². The van der Waals surface area contributed by atoms with E-state index in [1.165, 1.54) is 23.5 Å². The van der Waals surface area contributed by atoms with Crippen molar-refractivity contribution in [3.05, 3.63) is 48.5 Å². The molecule has 0 bridgehead atoms. The number of benzene rings is 1. The molecule has 0 aliphatic rings. The zero-order chi connectivity index (χ0) is 30.2. The lowest BCUT2D eigenvalue weighted by atomic mass is 9.84. The Labute approximate surface area is 247 Å². The number of rotatable bonds is 12. The van der Waals surface area contributed by atoms with Gasteiger partial charge in [-0.25, -0.2) is 29.5 Å². The average Bonchev–Trinajstić information content (AvgIpc) is 2.95. The summed E-state index contributed by atoms with van der Waals surface area (Å²) in [5.74, 6) is -2.17. The smallest absolute Gasteiger partial charge is 0.407 e. The Bertz CT molecular complexity index is 1310. The van der Waals surface area contributed by atoms with Crippen molar-refractivity contribution >= 4 is 41.4 Å². The van der Waals surface area contributed by atoms with Crippen LogP contribution in [0.3, 0.4) is 0 Å². The molecular weight excluding hydrogens is 564 g/mol. The van der Waals surface area contributed by atoms with Crippen LogP contribution in [0.1, 0.15) is 50.4 Å². The Balaban J connectivity index is 1.89. The van der Waals surface area contributed by atoms with Gasteiger partial charge in [0.1, 0.15) is 5.60 Å². The highest BCUT2D eigenvalue weighted by molar-refractivity contribution is 7.98. The highest BCUT2D eigenvalue weighted by atomic mass is 32.2. The van der Waals surface area contributed by atoms with Crippen LogP contribution >= 0.6 is 23.5 Å². The Morgan fingerprint density at radius 1 is 0.854 bits per heavy atom. The van der Waals surface area contributed by atoms with Gasteiger partial charge < -0.3 is 20.9 Å². The Kier molecular flexibility index (Phi) is 10.8. The fourth-order valence-corrected chi connectivity index (χ4v) is 4.47. The third-order valence-corrected chi connectivity index (χ3v) is 7.09. The number of nitrogens with one attached hydrogen (secondary N) is 1. The summed E-state index contributed by atoms with van der Waals surface area (Å²) in [6, 6.07) is 5.02. The highest BCUT2D eigenvalue weighted by Gasteiger charge is 2.42. The number of nitrogens with zero attached hydrogens (tertiary/aromatic N) is 4. The van der Waals surface area contributed by atoms with Crippen LogP contribution in [0.2, 0.25) is 0 Å². The van der Waals surface area contributed by atoms with Gasteiger partial charge in [-0.2, -0.15) is 0 Å². The molecular formula is C28H34N6O5S2. The molecule has 3 aromatic rings.